The molecule has 0 saturated carbocycles. The monoisotopic (exact) mass is 251 g/mol. The predicted octanol–water partition coefficient (Wildman–Crippen LogP) is 1.27. The summed E-state index contributed by atoms with van der Waals surface area (Å²) in [6.45, 7) is 3.26. The number of aromatic nitrogens is 1. The van der Waals surface area contributed by atoms with Gasteiger partial charge in [0.2, 0.25) is 5.88 Å². The average Bonchev–Trinajstić information content (AvgIpc) is 2.42. The second-order valence-electron chi connectivity index (χ2n) is 4.41. The summed E-state index contributed by atoms with van der Waals surface area (Å²) in [6, 6.07) is 4.39. The van der Waals surface area contributed by atoms with Gasteiger partial charge >= 0.3 is 0 Å². The van der Waals surface area contributed by atoms with Crippen LogP contribution < -0.4 is 15.4 Å². The lowest BCUT2D eigenvalue weighted by Gasteiger charge is -2.24. The van der Waals surface area contributed by atoms with Crippen molar-refractivity contribution >= 4 is 5.69 Å². The molecule has 2 N–H and O–H groups in total. The summed E-state index contributed by atoms with van der Waals surface area (Å²) < 4.78 is 10.3. The molecule has 2 rings (SSSR count). The third-order valence-electron chi connectivity index (χ3n) is 2.94. The third-order valence-corrected chi connectivity index (χ3v) is 2.94. The Balaban J connectivity index is 1.79. The molecule has 1 unspecified atom stereocenters. The Bertz CT molecular complexity index is 337. The molecule has 0 spiro atoms. The minimum atomic E-state index is 0.501. The molecule has 1 aliphatic rings. The van der Waals surface area contributed by atoms with Crippen LogP contribution in [0.15, 0.2) is 18.3 Å². The second-order valence-corrected chi connectivity index (χ2v) is 4.41. The van der Waals surface area contributed by atoms with Gasteiger partial charge in [-0.3, -0.25) is 0 Å². The lowest BCUT2D eigenvalue weighted by molar-refractivity contribution is 0.144. The number of methoxy groups -OCH3 is 1. The van der Waals surface area contributed by atoms with Gasteiger partial charge in [0.25, 0.3) is 0 Å². The van der Waals surface area contributed by atoms with Gasteiger partial charge in [0.1, 0.15) is 6.61 Å². The molecule has 0 bridgehead atoms. The number of pyridine rings is 1. The topological polar surface area (TPSA) is 55.4 Å². The Hall–Kier alpha value is -1.33. The summed E-state index contributed by atoms with van der Waals surface area (Å²) in [5.74, 6) is 0.638. The van der Waals surface area contributed by atoms with Crippen molar-refractivity contribution in [1.82, 2.24) is 10.3 Å². The van der Waals surface area contributed by atoms with Crippen LogP contribution in [0, 0.1) is 0 Å². The fourth-order valence-electron chi connectivity index (χ4n) is 1.99. The summed E-state index contributed by atoms with van der Waals surface area (Å²) >= 11 is 0. The van der Waals surface area contributed by atoms with E-state index >= 15 is 0 Å². The summed E-state index contributed by atoms with van der Waals surface area (Å²) in [6.07, 6.45) is 4.25. The van der Waals surface area contributed by atoms with Crippen molar-refractivity contribution in [2.75, 3.05) is 38.7 Å². The zero-order valence-electron chi connectivity index (χ0n) is 10.8. The number of hydrogen-bond acceptors (Lipinski definition) is 5. The van der Waals surface area contributed by atoms with Crippen LogP contribution in [0.3, 0.4) is 0 Å². The van der Waals surface area contributed by atoms with E-state index in [9.17, 15) is 0 Å². The molecule has 1 aromatic rings. The lowest BCUT2D eigenvalue weighted by Crippen LogP contribution is -2.38. The molecule has 1 atom stereocenters. The van der Waals surface area contributed by atoms with Gasteiger partial charge < -0.3 is 20.1 Å². The second kappa shape index (κ2) is 7.18. The van der Waals surface area contributed by atoms with Gasteiger partial charge in [-0.2, -0.15) is 0 Å². The van der Waals surface area contributed by atoms with E-state index in [1.54, 1.807) is 7.11 Å². The smallest absolute Gasteiger partial charge is 0.213 e. The molecule has 5 heteroatoms. The molecule has 0 aliphatic carbocycles. The minimum Gasteiger partial charge on any atom is -0.475 e. The number of hydrogen-bond donors (Lipinski definition) is 2. The number of rotatable bonds is 6. The fraction of sp³-hybridized carbons (Fsp3) is 0.615. The number of nitrogens with zero attached hydrogens (tertiary/aromatic N) is 1. The first-order valence-corrected chi connectivity index (χ1v) is 6.43. The SMILES string of the molecule is COCCOc1ccc(NC2CCCNC2)cn1. The van der Waals surface area contributed by atoms with Crippen LogP contribution >= 0.6 is 0 Å². The highest BCUT2D eigenvalue weighted by Crippen LogP contribution is 2.14. The summed E-state index contributed by atoms with van der Waals surface area (Å²) in [7, 11) is 1.65. The van der Waals surface area contributed by atoms with Crippen LogP contribution in [0.2, 0.25) is 0 Å². The van der Waals surface area contributed by atoms with Crippen LogP contribution in [0.25, 0.3) is 0 Å². The maximum Gasteiger partial charge on any atom is 0.213 e. The van der Waals surface area contributed by atoms with Gasteiger partial charge in [0.05, 0.1) is 18.5 Å². The minimum absolute atomic E-state index is 0.501. The largest absolute Gasteiger partial charge is 0.475 e. The number of piperidine rings is 1. The van der Waals surface area contributed by atoms with E-state index in [0.29, 0.717) is 25.1 Å². The van der Waals surface area contributed by atoms with Crippen LogP contribution in [0.4, 0.5) is 5.69 Å². The molecule has 1 aromatic heterocycles. The molecule has 0 aromatic carbocycles. The van der Waals surface area contributed by atoms with Crippen LogP contribution in [0.5, 0.6) is 5.88 Å². The van der Waals surface area contributed by atoms with E-state index in [1.165, 1.54) is 12.8 Å². The Morgan fingerprint density at radius 1 is 1.44 bits per heavy atom. The van der Waals surface area contributed by atoms with E-state index in [4.69, 9.17) is 9.47 Å². The Labute approximate surface area is 108 Å². The van der Waals surface area contributed by atoms with Crippen LogP contribution in [0.1, 0.15) is 12.8 Å². The zero-order chi connectivity index (χ0) is 12.6. The van der Waals surface area contributed by atoms with E-state index < -0.39 is 0 Å². The van der Waals surface area contributed by atoms with Crippen molar-refractivity contribution in [2.45, 2.75) is 18.9 Å². The highest BCUT2D eigenvalue weighted by molar-refractivity contribution is 5.43. The first kappa shape index (κ1) is 13.1. The van der Waals surface area contributed by atoms with Crippen molar-refractivity contribution in [1.29, 1.82) is 0 Å². The van der Waals surface area contributed by atoms with Gasteiger partial charge in [-0.05, 0) is 25.5 Å². The van der Waals surface area contributed by atoms with E-state index in [0.717, 1.165) is 18.8 Å². The highest BCUT2D eigenvalue weighted by atomic mass is 16.5. The Morgan fingerprint density at radius 3 is 3.06 bits per heavy atom. The van der Waals surface area contributed by atoms with Gasteiger partial charge in [-0.15, -0.1) is 0 Å². The number of nitrogens with one attached hydrogen (secondary N) is 2. The van der Waals surface area contributed by atoms with Crippen molar-refractivity contribution in [3.05, 3.63) is 18.3 Å². The van der Waals surface area contributed by atoms with Gasteiger partial charge in [0, 0.05) is 25.8 Å². The normalized spacial score (nSPS) is 19.5. The third kappa shape index (κ3) is 4.16. The van der Waals surface area contributed by atoms with E-state index in [1.807, 2.05) is 18.3 Å². The molecule has 0 radical (unpaired) electrons. The molecule has 0 amide bonds. The molecule has 5 nitrogen and oxygen atoms in total. The van der Waals surface area contributed by atoms with Crippen LogP contribution in [-0.2, 0) is 4.74 Å². The molecule has 2 heterocycles. The molecule has 18 heavy (non-hydrogen) atoms. The van der Waals surface area contributed by atoms with Crippen molar-refractivity contribution in [2.24, 2.45) is 0 Å². The van der Waals surface area contributed by atoms with Crippen LogP contribution in [-0.4, -0.2) is 44.4 Å². The lowest BCUT2D eigenvalue weighted by atomic mass is 10.1. The summed E-state index contributed by atoms with van der Waals surface area (Å²) in [4.78, 5) is 4.26. The average molecular weight is 251 g/mol. The molecular formula is C13H21N3O2. The maximum absolute atomic E-state index is 5.42. The number of ether oxygens (including phenoxy) is 2. The molecule has 1 saturated heterocycles. The molecule has 1 aliphatic heterocycles. The van der Waals surface area contributed by atoms with Gasteiger partial charge in [0.15, 0.2) is 0 Å². The fourth-order valence-corrected chi connectivity index (χ4v) is 1.99. The van der Waals surface area contributed by atoms with Gasteiger partial charge in [-0.1, -0.05) is 0 Å². The van der Waals surface area contributed by atoms with Crippen molar-refractivity contribution in [3.8, 4) is 5.88 Å². The first-order chi connectivity index (χ1) is 8.88. The van der Waals surface area contributed by atoms with Gasteiger partial charge in [-0.25, -0.2) is 4.98 Å². The molecule has 1 fully saturated rings. The predicted molar refractivity (Wildman–Crippen MR) is 71.1 cm³/mol. The Morgan fingerprint density at radius 2 is 2.39 bits per heavy atom. The van der Waals surface area contributed by atoms with E-state index in [-0.39, 0.29) is 0 Å². The Kier molecular flexibility index (Phi) is 5.23. The summed E-state index contributed by atoms with van der Waals surface area (Å²) in [5, 5.41) is 6.85. The zero-order valence-corrected chi connectivity index (χ0v) is 10.8. The standard InChI is InChI=1S/C13H21N3O2/c1-17-7-8-18-13-5-4-12(10-15-13)16-11-3-2-6-14-9-11/h4-5,10-11,14,16H,2-3,6-9H2,1H3. The maximum atomic E-state index is 5.42. The molecular weight excluding hydrogens is 230 g/mol. The molecule has 100 valence electrons. The van der Waals surface area contributed by atoms with Crippen molar-refractivity contribution < 1.29 is 9.47 Å². The van der Waals surface area contributed by atoms with E-state index in [2.05, 4.69) is 15.6 Å². The summed E-state index contributed by atoms with van der Waals surface area (Å²) in [5.41, 5.74) is 1.04. The van der Waals surface area contributed by atoms with Crippen molar-refractivity contribution in [3.63, 3.8) is 0 Å². The quantitative estimate of drug-likeness (QED) is 0.746. The first-order valence-electron chi connectivity index (χ1n) is 6.43. The number of anilines is 1. The highest BCUT2D eigenvalue weighted by Gasteiger charge is 2.12.